The number of ether oxygens (including phenoxy) is 2. The van der Waals surface area contributed by atoms with Gasteiger partial charge in [-0.2, -0.15) is 0 Å². The first-order valence-corrected chi connectivity index (χ1v) is 10.3. The summed E-state index contributed by atoms with van der Waals surface area (Å²) in [5, 5.41) is 0. The predicted molar refractivity (Wildman–Crippen MR) is 121 cm³/mol. The average Bonchev–Trinajstić information content (AvgIpc) is 3.24. The van der Waals surface area contributed by atoms with E-state index < -0.39 is 0 Å². The zero-order chi connectivity index (χ0) is 21.8. The molecular weight excluding hydrogens is 392 g/mol. The lowest BCUT2D eigenvalue weighted by molar-refractivity contribution is 0.355. The molecule has 2 aromatic carbocycles. The van der Waals surface area contributed by atoms with Gasteiger partial charge in [0.25, 0.3) is 5.56 Å². The van der Waals surface area contributed by atoms with Gasteiger partial charge in [0.1, 0.15) is 5.82 Å². The first-order chi connectivity index (χ1) is 15.1. The average molecular weight is 418 g/mol. The van der Waals surface area contributed by atoms with Gasteiger partial charge in [-0.05, 0) is 49.9 Å². The predicted octanol–water partition coefficient (Wildman–Crippen LogP) is 4.39. The highest BCUT2D eigenvalue weighted by molar-refractivity contribution is 5.73. The fraction of sp³-hybridized carbons (Fsp3) is 0.292. The van der Waals surface area contributed by atoms with Crippen molar-refractivity contribution in [2.24, 2.45) is 0 Å². The Hall–Kier alpha value is -3.61. The third-order valence-electron chi connectivity index (χ3n) is 5.49. The minimum atomic E-state index is -0.259. The van der Waals surface area contributed by atoms with Crippen LogP contribution in [0, 0.1) is 0 Å². The standard InChI is InChI=1S/C24H26N4O3/c1-16(8-7-11-17-9-5-4-6-10-17)28-15-25-21-23(28)26-22(27-24(21)29)18-12-13-19(30-2)20(14-18)31-3/h4-6,9-10,12-16H,7-8,11H2,1-3H3,(H,26,27,29). The smallest absolute Gasteiger partial charge is 0.279 e. The summed E-state index contributed by atoms with van der Waals surface area (Å²) in [7, 11) is 3.16. The Bertz CT molecular complexity index is 1230. The summed E-state index contributed by atoms with van der Waals surface area (Å²) in [6.45, 7) is 2.13. The molecule has 7 heteroatoms. The van der Waals surface area contributed by atoms with E-state index >= 15 is 0 Å². The van der Waals surface area contributed by atoms with Gasteiger partial charge in [-0.25, -0.2) is 9.97 Å². The van der Waals surface area contributed by atoms with Crippen LogP contribution >= 0.6 is 0 Å². The van der Waals surface area contributed by atoms with Crippen molar-refractivity contribution >= 4 is 11.2 Å². The number of hydrogen-bond donors (Lipinski definition) is 1. The molecule has 0 amide bonds. The van der Waals surface area contributed by atoms with Gasteiger partial charge in [0, 0.05) is 11.6 Å². The van der Waals surface area contributed by atoms with Crippen molar-refractivity contribution < 1.29 is 9.47 Å². The van der Waals surface area contributed by atoms with E-state index in [1.54, 1.807) is 32.7 Å². The number of aromatic nitrogens is 4. The fourth-order valence-electron chi connectivity index (χ4n) is 3.75. The van der Waals surface area contributed by atoms with E-state index in [1.165, 1.54) is 5.56 Å². The molecule has 0 fully saturated rings. The second kappa shape index (κ2) is 9.04. The molecule has 1 unspecified atom stereocenters. The summed E-state index contributed by atoms with van der Waals surface area (Å²) in [6.07, 6.45) is 4.72. The van der Waals surface area contributed by atoms with Crippen LogP contribution in [0.4, 0.5) is 0 Å². The molecule has 0 bridgehead atoms. The van der Waals surface area contributed by atoms with Crippen molar-refractivity contribution in [1.82, 2.24) is 19.5 Å². The first kappa shape index (κ1) is 20.7. The van der Waals surface area contributed by atoms with E-state index in [1.807, 2.05) is 16.7 Å². The van der Waals surface area contributed by atoms with Crippen LogP contribution in [-0.4, -0.2) is 33.7 Å². The number of methoxy groups -OCH3 is 2. The van der Waals surface area contributed by atoms with Crippen molar-refractivity contribution in [3.63, 3.8) is 0 Å². The third kappa shape index (κ3) is 4.30. The molecule has 0 saturated heterocycles. The summed E-state index contributed by atoms with van der Waals surface area (Å²) < 4.78 is 12.7. The van der Waals surface area contributed by atoms with Crippen molar-refractivity contribution in [3.8, 4) is 22.9 Å². The maximum atomic E-state index is 12.7. The first-order valence-electron chi connectivity index (χ1n) is 10.3. The second-order valence-electron chi connectivity index (χ2n) is 7.54. The number of H-pyrrole nitrogens is 1. The van der Waals surface area contributed by atoms with E-state index in [0.717, 1.165) is 24.8 Å². The Balaban J connectivity index is 1.61. The van der Waals surface area contributed by atoms with Crippen molar-refractivity contribution in [2.75, 3.05) is 14.2 Å². The molecule has 0 spiro atoms. The van der Waals surface area contributed by atoms with Crippen LogP contribution in [0.2, 0.25) is 0 Å². The molecular formula is C24H26N4O3. The lowest BCUT2D eigenvalue weighted by atomic mass is 10.1. The van der Waals surface area contributed by atoms with Crippen molar-refractivity contribution in [3.05, 3.63) is 70.8 Å². The highest BCUT2D eigenvalue weighted by Crippen LogP contribution is 2.31. The molecule has 0 radical (unpaired) electrons. The van der Waals surface area contributed by atoms with Gasteiger partial charge in [0.2, 0.25) is 0 Å². The van der Waals surface area contributed by atoms with Crippen LogP contribution < -0.4 is 15.0 Å². The van der Waals surface area contributed by atoms with Gasteiger partial charge in [0.15, 0.2) is 22.7 Å². The molecule has 0 aliphatic rings. The van der Waals surface area contributed by atoms with Gasteiger partial charge in [-0.3, -0.25) is 4.79 Å². The number of rotatable bonds is 8. The quantitative estimate of drug-likeness (QED) is 0.459. The van der Waals surface area contributed by atoms with Crippen molar-refractivity contribution in [1.29, 1.82) is 0 Å². The van der Waals surface area contributed by atoms with Crippen molar-refractivity contribution in [2.45, 2.75) is 32.2 Å². The second-order valence-corrected chi connectivity index (χ2v) is 7.54. The monoisotopic (exact) mass is 418 g/mol. The molecule has 0 saturated carbocycles. The number of aryl methyl sites for hydroxylation is 1. The molecule has 2 aromatic heterocycles. The van der Waals surface area contributed by atoms with Crippen LogP contribution in [0.1, 0.15) is 31.4 Å². The Morgan fingerprint density at radius 3 is 2.58 bits per heavy atom. The Morgan fingerprint density at radius 1 is 1.06 bits per heavy atom. The SMILES string of the molecule is COc1ccc(-c2nc3c(ncn3C(C)CCCc3ccccc3)c(=O)[nH]2)cc1OC. The van der Waals surface area contributed by atoms with Crippen LogP contribution in [-0.2, 0) is 6.42 Å². The van der Waals surface area contributed by atoms with E-state index in [9.17, 15) is 4.79 Å². The maximum Gasteiger partial charge on any atom is 0.279 e. The summed E-state index contributed by atoms with van der Waals surface area (Å²) in [5.41, 5.74) is 2.74. The Labute approximate surface area is 180 Å². The third-order valence-corrected chi connectivity index (χ3v) is 5.49. The molecule has 4 aromatic rings. The largest absolute Gasteiger partial charge is 0.493 e. The highest BCUT2D eigenvalue weighted by atomic mass is 16.5. The Kier molecular flexibility index (Phi) is 6.02. The topological polar surface area (TPSA) is 82.0 Å². The molecule has 0 aliphatic carbocycles. The van der Waals surface area contributed by atoms with E-state index in [-0.39, 0.29) is 11.6 Å². The molecule has 160 valence electrons. The molecule has 7 nitrogen and oxygen atoms in total. The zero-order valence-electron chi connectivity index (χ0n) is 18.0. The summed E-state index contributed by atoms with van der Waals surface area (Å²) >= 11 is 0. The number of nitrogens with one attached hydrogen (secondary N) is 1. The summed E-state index contributed by atoms with van der Waals surface area (Å²) in [6, 6.07) is 16.1. The van der Waals surface area contributed by atoms with E-state index in [4.69, 9.17) is 14.5 Å². The lowest BCUT2D eigenvalue weighted by Gasteiger charge is -2.14. The van der Waals surface area contributed by atoms with Gasteiger partial charge in [-0.1, -0.05) is 30.3 Å². The maximum absolute atomic E-state index is 12.7. The number of nitrogens with zero attached hydrogens (tertiary/aromatic N) is 3. The fourth-order valence-corrected chi connectivity index (χ4v) is 3.75. The van der Waals surface area contributed by atoms with Gasteiger partial charge in [0.05, 0.1) is 20.5 Å². The van der Waals surface area contributed by atoms with Gasteiger partial charge in [-0.15, -0.1) is 0 Å². The van der Waals surface area contributed by atoms with Gasteiger partial charge < -0.3 is 19.0 Å². The number of fused-ring (bicyclic) bond motifs is 1. The summed E-state index contributed by atoms with van der Waals surface area (Å²) in [4.78, 5) is 24.5. The minimum Gasteiger partial charge on any atom is -0.493 e. The summed E-state index contributed by atoms with van der Waals surface area (Å²) in [5.74, 6) is 1.66. The Morgan fingerprint density at radius 2 is 1.84 bits per heavy atom. The molecule has 31 heavy (non-hydrogen) atoms. The number of aromatic amines is 1. The minimum absolute atomic E-state index is 0.168. The van der Waals surface area contributed by atoms with Crippen LogP contribution in [0.15, 0.2) is 59.7 Å². The highest BCUT2D eigenvalue weighted by Gasteiger charge is 2.16. The van der Waals surface area contributed by atoms with E-state index in [2.05, 4.69) is 41.2 Å². The normalized spacial score (nSPS) is 12.1. The number of benzene rings is 2. The number of hydrogen-bond acceptors (Lipinski definition) is 5. The lowest BCUT2D eigenvalue weighted by Crippen LogP contribution is -2.12. The molecule has 1 N–H and O–H groups in total. The molecule has 4 rings (SSSR count). The molecule has 1 atom stereocenters. The van der Waals surface area contributed by atoms with Crippen LogP contribution in [0.3, 0.4) is 0 Å². The van der Waals surface area contributed by atoms with Crippen LogP contribution in [0.5, 0.6) is 11.5 Å². The molecule has 2 heterocycles. The van der Waals surface area contributed by atoms with Crippen LogP contribution in [0.25, 0.3) is 22.6 Å². The van der Waals surface area contributed by atoms with E-state index in [0.29, 0.717) is 28.5 Å². The number of imidazole rings is 1. The molecule has 0 aliphatic heterocycles. The zero-order valence-corrected chi connectivity index (χ0v) is 18.0. The van der Waals surface area contributed by atoms with Gasteiger partial charge >= 0.3 is 0 Å².